The maximum absolute atomic E-state index is 13.2. The smallest absolute Gasteiger partial charge is 0.335 e. The van der Waals surface area contributed by atoms with Gasteiger partial charge in [0.25, 0.3) is 0 Å². The molecule has 0 spiro atoms. The van der Waals surface area contributed by atoms with Crippen molar-refractivity contribution in [2.45, 2.75) is 276 Å². The van der Waals surface area contributed by atoms with Gasteiger partial charge in [-0.25, -0.2) is 4.79 Å². The Labute approximate surface area is 478 Å². The number of aliphatic hydroxyl groups excluding tert-OH is 2. The molecule has 1 rings (SSSR count). The highest BCUT2D eigenvalue weighted by atomic mass is 16.7. The zero-order chi connectivity index (χ0) is 57.5. The summed E-state index contributed by atoms with van der Waals surface area (Å²) in [6.45, 7) is 5.77. The molecule has 0 aromatic rings. The first-order chi connectivity index (χ1) is 38.6. The van der Waals surface area contributed by atoms with Gasteiger partial charge in [0.1, 0.15) is 18.8 Å². The van der Waals surface area contributed by atoms with E-state index in [0.29, 0.717) is 25.7 Å². The highest BCUT2D eigenvalue weighted by Gasteiger charge is 2.50. The average molecular weight is 1110 g/mol. The van der Waals surface area contributed by atoms with Crippen molar-refractivity contribution in [1.29, 1.82) is 0 Å². The van der Waals surface area contributed by atoms with Crippen LogP contribution in [0.5, 0.6) is 0 Å². The Morgan fingerprint density at radius 3 is 1.27 bits per heavy atom. The molecule has 0 aromatic heterocycles. The first kappa shape index (κ1) is 72.4. The summed E-state index contributed by atoms with van der Waals surface area (Å²) in [5, 5.41) is 31.5. The van der Waals surface area contributed by atoms with Crippen LogP contribution in [0.4, 0.5) is 0 Å². The molecule has 0 aliphatic carbocycles. The highest BCUT2D eigenvalue weighted by molar-refractivity contribution is 5.74. The van der Waals surface area contributed by atoms with Crippen LogP contribution in [-0.4, -0.2) is 89.2 Å². The largest absolute Gasteiger partial charge is 0.479 e. The maximum Gasteiger partial charge on any atom is 0.335 e. The summed E-state index contributed by atoms with van der Waals surface area (Å²) in [6, 6.07) is 0. The Kier molecular flexibility index (Phi) is 49.5. The molecule has 1 saturated heterocycles. The first-order valence-corrected chi connectivity index (χ1v) is 30.9. The van der Waals surface area contributed by atoms with E-state index in [4.69, 9.17) is 23.7 Å². The molecule has 0 bridgehead atoms. The number of rotatable bonds is 51. The average Bonchev–Trinajstić information content (AvgIpc) is 3.46. The lowest BCUT2D eigenvalue weighted by Crippen LogP contribution is -2.61. The minimum Gasteiger partial charge on any atom is -0.479 e. The molecule has 79 heavy (non-hydrogen) atoms. The molecule has 0 aromatic carbocycles. The van der Waals surface area contributed by atoms with Crippen molar-refractivity contribution in [2.24, 2.45) is 0 Å². The number of carboxylic acid groups (broad SMARTS) is 1. The molecule has 1 aliphatic rings. The van der Waals surface area contributed by atoms with Crippen LogP contribution in [0.3, 0.4) is 0 Å². The van der Waals surface area contributed by atoms with Crippen LogP contribution in [0, 0.1) is 0 Å². The summed E-state index contributed by atoms with van der Waals surface area (Å²) in [7, 11) is 0. The first-order valence-electron chi connectivity index (χ1n) is 30.9. The predicted octanol–water partition coefficient (Wildman–Crippen LogP) is 16.2. The van der Waals surface area contributed by atoms with Gasteiger partial charge in [0.15, 0.2) is 24.6 Å². The third-order valence-corrected chi connectivity index (χ3v) is 13.3. The molecule has 12 nitrogen and oxygen atoms in total. The summed E-state index contributed by atoms with van der Waals surface area (Å²) in [5.41, 5.74) is 0. The monoisotopic (exact) mass is 1100 g/mol. The lowest BCUT2D eigenvalue weighted by Gasteiger charge is -2.40. The summed E-state index contributed by atoms with van der Waals surface area (Å²) in [5.74, 6) is -3.26. The second-order valence-corrected chi connectivity index (χ2v) is 20.6. The van der Waals surface area contributed by atoms with Gasteiger partial charge < -0.3 is 39.0 Å². The standard InChI is InChI=1S/C67H108O12/c1-4-7-10-13-16-19-22-25-27-29-30-32-33-36-38-41-44-47-50-53-59(68)75-56-58(77-60(69)54-51-48-45-42-40-37-34-31-28-26-23-20-17-14-11-8-5-2)57-76-67-65(63(72)62(71)64(79-67)66(73)74)78-61(70)55-52-49-46-43-39-35-24-21-18-15-12-9-6-3/h9,12,16-21,25-28,30,32,35,39,46,49,58,62-65,67,71-72H,4-8,10-11,13-15,22-24,29,31,33-34,36-38,40-45,47-48,50-57H2,1-3H3,(H,73,74)/b12-9-,19-16-,20-17-,21-18-,27-25-,28-26-,32-30-,39-35-,49-46-. The van der Waals surface area contributed by atoms with Crippen LogP contribution in [0.15, 0.2) is 109 Å². The fraction of sp³-hybridized carbons (Fsp3) is 0.672. The van der Waals surface area contributed by atoms with E-state index >= 15 is 0 Å². The number of carboxylic acids is 1. The third kappa shape index (κ3) is 43.8. The number of ether oxygens (including phenoxy) is 5. The fourth-order valence-corrected chi connectivity index (χ4v) is 8.59. The second-order valence-electron chi connectivity index (χ2n) is 20.6. The Balaban J connectivity index is 2.72. The van der Waals surface area contributed by atoms with Crippen LogP contribution in [-0.2, 0) is 42.9 Å². The Hall–Kier alpha value is -4.62. The van der Waals surface area contributed by atoms with Crippen molar-refractivity contribution in [2.75, 3.05) is 13.2 Å². The molecule has 0 saturated carbocycles. The van der Waals surface area contributed by atoms with E-state index in [1.807, 2.05) is 18.2 Å². The van der Waals surface area contributed by atoms with E-state index in [2.05, 4.69) is 112 Å². The van der Waals surface area contributed by atoms with Gasteiger partial charge in [0.2, 0.25) is 0 Å². The van der Waals surface area contributed by atoms with Gasteiger partial charge in [-0.3, -0.25) is 14.4 Å². The Morgan fingerprint density at radius 2 is 0.823 bits per heavy atom. The maximum atomic E-state index is 13.2. The summed E-state index contributed by atoms with van der Waals surface area (Å²) in [4.78, 5) is 51.2. The zero-order valence-electron chi connectivity index (χ0n) is 49.3. The molecule has 1 heterocycles. The number of carbonyl (C=O) groups is 4. The summed E-state index contributed by atoms with van der Waals surface area (Å²) < 4.78 is 28.4. The van der Waals surface area contributed by atoms with Crippen molar-refractivity contribution in [3.05, 3.63) is 109 Å². The van der Waals surface area contributed by atoms with Gasteiger partial charge in [-0.1, -0.05) is 214 Å². The fourth-order valence-electron chi connectivity index (χ4n) is 8.59. The van der Waals surface area contributed by atoms with Crippen molar-refractivity contribution < 1.29 is 58.2 Å². The normalized spacial score (nSPS) is 18.6. The molecule has 12 heteroatoms. The number of allylic oxidation sites excluding steroid dienone is 18. The van der Waals surface area contributed by atoms with Gasteiger partial charge in [-0.15, -0.1) is 0 Å². The molecule has 1 aliphatic heterocycles. The van der Waals surface area contributed by atoms with E-state index in [-0.39, 0.29) is 25.9 Å². The minimum atomic E-state index is -1.93. The van der Waals surface area contributed by atoms with Crippen LogP contribution in [0.1, 0.15) is 239 Å². The van der Waals surface area contributed by atoms with Crippen molar-refractivity contribution >= 4 is 23.9 Å². The van der Waals surface area contributed by atoms with Crippen LogP contribution in [0.25, 0.3) is 0 Å². The Morgan fingerprint density at radius 1 is 0.430 bits per heavy atom. The van der Waals surface area contributed by atoms with Crippen LogP contribution < -0.4 is 0 Å². The van der Waals surface area contributed by atoms with Gasteiger partial charge in [0.05, 0.1) is 6.61 Å². The number of aliphatic carboxylic acids is 1. The van der Waals surface area contributed by atoms with Crippen LogP contribution >= 0.6 is 0 Å². The van der Waals surface area contributed by atoms with Gasteiger partial charge in [-0.2, -0.15) is 0 Å². The van der Waals surface area contributed by atoms with Crippen molar-refractivity contribution in [1.82, 2.24) is 0 Å². The van der Waals surface area contributed by atoms with E-state index in [9.17, 15) is 34.5 Å². The highest BCUT2D eigenvalue weighted by Crippen LogP contribution is 2.26. The second kappa shape index (κ2) is 54.0. The van der Waals surface area contributed by atoms with E-state index < -0.39 is 67.3 Å². The molecule has 0 amide bonds. The number of hydrogen-bond acceptors (Lipinski definition) is 11. The van der Waals surface area contributed by atoms with Crippen molar-refractivity contribution in [3.8, 4) is 0 Å². The number of esters is 3. The molecule has 448 valence electrons. The van der Waals surface area contributed by atoms with E-state index in [1.54, 1.807) is 0 Å². The number of hydrogen-bond donors (Lipinski definition) is 3. The lowest BCUT2D eigenvalue weighted by molar-refractivity contribution is -0.301. The summed E-state index contributed by atoms with van der Waals surface area (Å²) >= 11 is 0. The SMILES string of the molecule is CC/C=C\C/C=C\C/C=C\C/C=C\CCC(=O)OC1C(OCC(COC(=O)CCCCCCCC/C=C\C/C=C\C/C=C\CCCCC)OC(=O)CCCCCCCCC/C=C\C/C=C\CCCCC)OC(C(=O)O)C(O)C1O. The molecular formula is C67H108O12. The molecule has 0 radical (unpaired) electrons. The Bertz CT molecular complexity index is 1790. The lowest BCUT2D eigenvalue weighted by atomic mass is 9.98. The number of aliphatic hydroxyl groups is 2. The number of unbranched alkanes of at least 4 members (excludes halogenated alkanes) is 19. The van der Waals surface area contributed by atoms with Crippen molar-refractivity contribution in [3.63, 3.8) is 0 Å². The molecular weight excluding hydrogens is 997 g/mol. The minimum absolute atomic E-state index is 0.0676. The predicted molar refractivity (Wildman–Crippen MR) is 321 cm³/mol. The third-order valence-electron chi connectivity index (χ3n) is 13.3. The molecule has 6 atom stereocenters. The molecule has 1 fully saturated rings. The van der Waals surface area contributed by atoms with E-state index in [1.165, 1.54) is 44.9 Å². The quantitative estimate of drug-likeness (QED) is 0.0228. The molecule has 3 N–H and O–H groups in total. The van der Waals surface area contributed by atoms with Gasteiger partial charge >= 0.3 is 23.9 Å². The van der Waals surface area contributed by atoms with E-state index in [0.717, 1.165) is 128 Å². The summed E-state index contributed by atoms with van der Waals surface area (Å²) in [6.07, 6.45) is 60.7. The van der Waals surface area contributed by atoms with Crippen LogP contribution in [0.2, 0.25) is 0 Å². The number of carbonyl (C=O) groups excluding carboxylic acids is 3. The molecule has 6 unspecified atom stereocenters. The van der Waals surface area contributed by atoms with Gasteiger partial charge in [0, 0.05) is 19.3 Å². The zero-order valence-corrected chi connectivity index (χ0v) is 49.3. The van der Waals surface area contributed by atoms with Gasteiger partial charge in [-0.05, 0) is 116 Å². The topological polar surface area (TPSA) is 175 Å².